The Kier molecular flexibility index (Phi) is 3.34. The van der Waals surface area contributed by atoms with Crippen LogP contribution >= 0.6 is 0 Å². The standard InChI is InChI=1S/C17H16N4O3/c1-10-5-11(2)21-16(20-10)13(8-19-21)17(22)18-7-12-3-4-14-15(6-12)24-9-23-14/h3-6,8H,7,9H2,1-2H3,(H,18,22). The zero-order valence-electron chi connectivity index (χ0n) is 13.4. The van der Waals surface area contributed by atoms with Crippen LogP contribution in [-0.4, -0.2) is 27.3 Å². The summed E-state index contributed by atoms with van der Waals surface area (Å²) in [6.45, 7) is 4.45. The topological polar surface area (TPSA) is 77.8 Å². The number of fused-ring (bicyclic) bond motifs is 2. The molecule has 1 N–H and O–H groups in total. The van der Waals surface area contributed by atoms with Crippen LogP contribution in [0.2, 0.25) is 0 Å². The Morgan fingerprint density at radius 3 is 2.96 bits per heavy atom. The molecule has 1 aliphatic heterocycles. The maximum Gasteiger partial charge on any atom is 0.257 e. The third-order valence-corrected chi connectivity index (χ3v) is 3.91. The van der Waals surface area contributed by atoms with Crippen LogP contribution in [0.5, 0.6) is 11.5 Å². The van der Waals surface area contributed by atoms with Crippen molar-refractivity contribution in [3.8, 4) is 11.5 Å². The van der Waals surface area contributed by atoms with Crippen molar-refractivity contribution in [1.82, 2.24) is 19.9 Å². The largest absolute Gasteiger partial charge is 0.454 e. The summed E-state index contributed by atoms with van der Waals surface area (Å²) in [5, 5.41) is 7.13. The number of aryl methyl sites for hydroxylation is 2. The highest BCUT2D eigenvalue weighted by Gasteiger charge is 2.16. The van der Waals surface area contributed by atoms with E-state index in [9.17, 15) is 4.79 Å². The van der Waals surface area contributed by atoms with Crippen molar-refractivity contribution in [2.45, 2.75) is 20.4 Å². The number of hydrogen-bond donors (Lipinski definition) is 1. The fourth-order valence-corrected chi connectivity index (χ4v) is 2.76. The first-order chi connectivity index (χ1) is 11.6. The molecule has 0 unspecified atom stereocenters. The third kappa shape index (κ3) is 2.44. The third-order valence-electron chi connectivity index (χ3n) is 3.91. The molecule has 0 bridgehead atoms. The summed E-state index contributed by atoms with van der Waals surface area (Å²) in [7, 11) is 0. The number of rotatable bonds is 3. The van der Waals surface area contributed by atoms with E-state index in [0.29, 0.717) is 23.5 Å². The minimum absolute atomic E-state index is 0.208. The van der Waals surface area contributed by atoms with Crippen LogP contribution in [0.4, 0.5) is 0 Å². The number of carbonyl (C=O) groups is 1. The fourth-order valence-electron chi connectivity index (χ4n) is 2.76. The number of nitrogens with zero attached hydrogens (tertiary/aromatic N) is 3. The molecule has 24 heavy (non-hydrogen) atoms. The van der Waals surface area contributed by atoms with Crippen molar-refractivity contribution in [3.05, 3.63) is 53.0 Å². The molecule has 1 aromatic carbocycles. The number of ether oxygens (including phenoxy) is 2. The molecule has 2 aromatic heterocycles. The molecular formula is C17H16N4O3. The second kappa shape index (κ2) is 5.52. The van der Waals surface area contributed by atoms with Crippen LogP contribution in [0.3, 0.4) is 0 Å². The smallest absolute Gasteiger partial charge is 0.257 e. The Morgan fingerprint density at radius 1 is 1.25 bits per heavy atom. The average Bonchev–Trinajstić information content (AvgIpc) is 3.18. The Balaban J connectivity index is 1.54. The monoisotopic (exact) mass is 324 g/mol. The average molecular weight is 324 g/mol. The Bertz CT molecular complexity index is 948. The summed E-state index contributed by atoms with van der Waals surface area (Å²) >= 11 is 0. The molecule has 0 saturated heterocycles. The lowest BCUT2D eigenvalue weighted by molar-refractivity contribution is 0.0952. The van der Waals surface area contributed by atoms with Gasteiger partial charge in [-0.2, -0.15) is 5.10 Å². The van der Waals surface area contributed by atoms with Crippen molar-refractivity contribution in [3.63, 3.8) is 0 Å². The molecular weight excluding hydrogens is 308 g/mol. The highest BCUT2D eigenvalue weighted by Crippen LogP contribution is 2.32. The van der Waals surface area contributed by atoms with Gasteiger partial charge in [0, 0.05) is 17.9 Å². The molecule has 4 rings (SSSR count). The number of carbonyl (C=O) groups excluding carboxylic acids is 1. The van der Waals surface area contributed by atoms with Gasteiger partial charge in [0.2, 0.25) is 6.79 Å². The van der Waals surface area contributed by atoms with E-state index in [4.69, 9.17) is 9.47 Å². The summed E-state index contributed by atoms with van der Waals surface area (Å²) < 4.78 is 12.3. The summed E-state index contributed by atoms with van der Waals surface area (Å²) in [4.78, 5) is 16.9. The van der Waals surface area contributed by atoms with E-state index >= 15 is 0 Å². The summed E-state index contributed by atoms with van der Waals surface area (Å²) in [5.41, 5.74) is 3.75. The van der Waals surface area contributed by atoms with Crippen molar-refractivity contribution in [2.24, 2.45) is 0 Å². The van der Waals surface area contributed by atoms with Gasteiger partial charge in [-0.15, -0.1) is 0 Å². The quantitative estimate of drug-likeness (QED) is 0.797. The minimum Gasteiger partial charge on any atom is -0.454 e. The van der Waals surface area contributed by atoms with E-state index in [2.05, 4.69) is 15.4 Å². The first-order valence-corrected chi connectivity index (χ1v) is 7.60. The summed E-state index contributed by atoms with van der Waals surface area (Å²) in [5.74, 6) is 1.22. The van der Waals surface area contributed by atoms with Crippen LogP contribution in [0.25, 0.3) is 5.65 Å². The van der Waals surface area contributed by atoms with Crippen LogP contribution in [0.15, 0.2) is 30.5 Å². The predicted octanol–water partition coefficient (Wildman–Crippen LogP) is 2.00. The molecule has 122 valence electrons. The second-order valence-corrected chi connectivity index (χ2v) is 5.70. The van der Waals surface area contributed by atoms with Gasteiger partial charge in [-0.25, -0.2) is 9.50 Å². The normalized spacial score (nSPS) is 12.6. The lowest BCUT2D eigenvalue weighted by atomic mass is 10.2. The minimum atomic E-state index is -0.208. The maximum atomic E-state index is 12.5. The molecule has 7 nitrogen and oxygen atoms in total. The summed E-state index contributed by atoms with van der Waals surface area (Å²) in [6, 6.07) is 7.53. The molecule has 0 atom stereocenters. The number of nitrogens with one attached hydrogen (secondary N) is 1. The molecule has 0 aliphatic carbocycles. The maximum absolute atomic E-state index is 12.5. The number of hydrogen-bond acceptors (Lipinski definition) is 5. The Morgan fingerprint density at radius 2 is 2.08 bits per heavy atom. The van der Waals surface area contributed by atoms with Crippen molar-refractivity contribution in [2.75, 3.05) is 6.79 Å². The van der Waals surface area contributed by atoms with Gasteiger partial charge in [-0.3, -0.25) is 4.79 Å². The van der Waals surface area contributed by atoms with Gasteiger partial charge in [0.1, 0.15) is 5.56 Å². The lowest BCUT2D eigenvalue weighted by Crippen LogP contribution is -2.22. The molecule has 1 aliphatic rings. The van der Waals surface area contributed by atoms with E-state index in [1.165, 1.54) is 0 Å². The van der Waals surface area contributed by atoms with Gasteiger partial charge >= 0.3 is 0 Å². The molecule has 3 heterocycles. The van der Waals surface area contributed by atoms with Crippen LogP contribution in [-0.2, 0) is 6.54 Å². The van der Waals surface area contributed by atoms with Gasteiger partial charge in [0.15, 0.2) is 17.1 Å². The van der Waals surface area contributed by atoms with Gasteiger partial charge in [0.05, 0.1) is 6.20 Å². The molecule has 3 aromatic rings. The zero-order valence-corrected chi connectivity index (χ0v) is 13.4. The molecule has 1 amide bonds. The van der Waals surface area contributed by atoms with Gasteiger partial charge in [-0.05, 0) is 37.6 Å². The molecule has 0 spiro atoms. The zero-order chi connectivity index (χ0) is 16.7. The highest BCUT2D eigenvalue weighted by molar-refractivity contribution is 5.99. The first kappa shape index (κ1) is 14.5. The predicted molar refractivity (Wildman–Crippen MR) is 86.2 cm³/mol. The van der Waals surface area contributed by atoms with Crippen molar-refractivity contribution < 1.29 is 14.3 Å². The lowest BCUT2D eigenvalue weighted by Gasteiger charge is -2.06. The van der Waals surface area contributed by atoms with E-state index in [1.807, 2.05) is 38.1 Å². The van der Waals surface area contributed by atoms with E-state index in [0.717, 1.165) is 22.7 Å². The van der Waals surface area contributed by atoms with E-state index in [-0.39, 0.29) is 12.7 Å². The number of benzene rings is 1. The Hall–Kier alpha value is -3.09. The Labute approximate surface area is 138 Å². The SMILES string of the molecule is Cc1cc(C)n2ncc(C(=O)NCc3ccc4c(c3)OCO4)c2n1. The first-order valence-electron chi connectivity index (χ1n) is 7.60. The summed E-state index contributed by atoms with van der Waals surface area (Å²) in [6.07, 6.45) is 1.55. The van der Waals surface area contributed by atoms with Gasteiger partial charge < -0.3 is 14.8 Å². The molecule has 0 radical (unpaired) electrons. The number of aromatic nitrogens is 3. The molecule has 0 saturated carbocycles. The van der Waals surface area contributed by atoms with Crippen LogP contribution < -0.4 is 14.8 Å². The van der Waals surface area contributed by atoms with Crippen molar-refractivity contribution in [1.29, 1.82) is 0 Å². The van der Waals surface area contributed by atoms with Crippen LogP contribution in [0.1, 0.15) is 27.3 Å². The van der Waals surface area contributed by atoms with E-state index < -0.39 is 0 Å². The second-order valence-electron chi connectivity index (χ2n) is 5.70. The van der Waals surface area contributed by atoms with Gasteiger partial charge in [-0.1, -0.05) is 6.07 Å². The van der Waals surface area contributed by atoms with E-state index in [1.54, 1.807) is 10.7 Å². The van der Waals surface area contributed by atoms with Gasteiger partial charge in [0.25, 0.3) is 5.91 Å². The number of amides is 1. The molecule has 7 heteroatoms. The highest BCUT2D eigenvalue weighted by atomic mass is 16.7. The molecule has 0 fully saturated rings. The van der Waals surface area contributed by atoms with Crippen LogP contribution in [0, 0.1) is 13.8 Å². The fraction of sp³-hybridized carbons (Fsp3) is 0.235. The van der Waals surface area contributed by atoms with Crippen molar-refractivity contribution >= 4 is 11.6 Å².